The number of amides is 1. The predicted octanol–water partition coefficient (Wildman–Crippen LogP) is 0.214. The summed E-state index contributed by atoms with van der Waals surface area (Å²) in [7, 11) is 1.83. The van der Waals surface area contributed by atoms with E-state index in [0.29, 0.717) is 12.3 Å². The van der Waals surface area contributed by atoms with Gasteiger partial charge in [-0.15, -0.1) is 0 Å². The Bertz CT molecular complexity index is 219. The highest BCUT2D eigenvalue weighted by molar-refractivity contribution is 5.83. The Balaban J connectivity index is 2.48. The molecule has 2 atom stereocenters. The van der Waals surface area contributed by atoms with Crippen LogP contribution >= 0.6 is 0 Å². The third-order valence-electron chi connectivity index (χ3n) is 3.09. The van der Waals surface area contributed by atoms with Gasteiger partial charge in [-0.2, -0.15) is 0 Å². The predicted molar refractivity (Wildman–Crippen MR) is 59.5 cm³/mol. The number of aliphatic hydroxyl groups is 1. The van der Waals surface area contributed by atoms with E-state index < -0.39 is 0 Å². The van der Waals surface area contributed by atoms with Crippen molar-refractivity contribution in [2.75, 3.05) is 20.2 Å². The highest BCUT2D eigenvalue weighted by Gasteiger charge is 2.31. The molecule has 2 N–H and O–H groups in total. The number of likely N-dealkylation sites (tertiary alicyclic amines) is 1. The fourth-order valence-corrected chi connectivity index (χ4v) is 1.98. The number of carbonyl (C=O) groups is 1. The van der Waals surface area contributed by atoms with E-state index in [1.807, 2.05) is 7.05 Å². The first kappa shape index (κ1) is 12.5. The molecule has 0 aromatic heterocycles. The lowest BCUT2D eigenvalue weighted by atomic mass is 10.00. The lowest BCUT2D eigenvalue weighted by molar-refractivity contribution is -0.128. The van der Waals surface area contributed by atoms with E-state index in [1.165, 1.54) is 0 Å². The van der Waals surface area contributed by atoms with Gasteiger partial charge in [0.15, 0.2) is 0 Å². The highest BCUT2D eigenvalue weighted by atomic mass is 16.3. The molecule has 0 aliphatic carbocycles. The van der Waals surface area contributed by atoms with Crippen molar-refractivity contribution in [3.63, 3.8) is 0 Å². The molecule has 1 rings (SSSR count). The monoisotopic (exact) mass is 214 g/mol. The van der Waals surface area contributed by atoms with Crippen LogP contribution in [0.3, 0.4) is 0 Å². The van der Waals surface area contributed by atoms with Crippen LogP contribution in [0.5, 0.6) is 0 Å². The van der Waals surface area contributed by atoms with E-state index >= 15 is 0 Å². The minimum atomic E-state index is -0.0473. The highest BCUT2D eigenvalue weighted by Crippen LogP contribution is 2.13. The lowest BCUT2D eigenvalue weighted by Crippen LogP contribution is -2.45. The maximum Gasteiger partial charge on any atom is 0.239 e. The molecule has 1 saturated heterocycles. The second-order valence-corrected chi connectivity index (χ2v) is 4.63. The van der Waals surface area contributed by atoms with Gasteiger partial charge in [0, 0.05) is 26.2 Å². The maximum absolute atomic E-state index is 11.7. The summed E-state index contributed by atoms with van der Waals surface area (Å²) in [4.78, 5) is 13.4. The molecule has 0 spiro atoms. The second-order valence-electron chi connectivity index (χ2n) is 4.63. The molecule has 0 unspecified atom stereocenters. The molecule has 0 bridgehead atoms. The Hall–Kier alpha value is -0.610. The first-order chi connectivity index (χ1) is 7.06. The van der Waals surface area contributed by atoms with Crippen LogP contribution in [0, 0.1) is 5.92 Å². The Kier molecular flexibility index (Phi) is 4.54. The van der Waals surface area contributed by atoms with Crippen LogP contribution in [0.4, 0.5) is 0 Å². The van der Waals surface area contributed by atoms with Gasteiger partial charge in [0.05, 0.1) is 6.04 Å². The van der Waals surface area contributed by atoms with E-state index in [4.69, 9.17) is 5.11 Å². The molecule has 0 radical (unpaired) electrons. The minimum Gasteiger partial charge on any atom is -0.396 e. The molecule has 0 aromatic rings. The molecule has 4 nitrogen and oxygen atoms in total. The number of hydrogen-bond donors (Lipinski definition) is 2. The molecule has 0 aromatic carbocycles. The van der Waals surface area contributed by atoms with Gasteiger partial charge in [-0.25, -0.2) is 0 Å². The maximum atomic E-state index is 11.7. The molecule has 1 fully saturated rings. The second kappa shape index (κ2) is 5.47. The first-order valence-corrected chi connectivity index (χ1v) is 5.68. The van der Waals surface area contributed by atoms with E-state index in [0.717, 1.165) is 13.0 Å². The molecule has 88 valence electrons. The summed E-state index contributed by atoms with van der Waals surface area (Å²) in [6.45, 7) is 5.22. The van der Waals surface area contributed by atoms with Crippen LogP contribution in [0.2, 0.25) is 0 Å². The molecular weight excluding hydrogens is 192 g/mol. The summed E-state index contributed by atoms with van der Waals surface area (Å²) in [6.07, 6.45) is 1.59. The van der Waals surface area contributed by atoms with Crippen molar-refractivity contribution in [3.05, 3.63) is 0 Å². The van der Waals surface area contributed by atoms with Crippen molar-refractivity contribution in [2.45, 2.75) is 38.8 Å². The lowest BCUT2D eigenvalue weighted by Gasteiger charge is -2.24. The summed E-state index contributed by atoms with van der Waals surface area (Å²) in [5.74, 6) is 0.620. The summed E-state index contributed by atoms with van der Waals surface area (Å²) < 4.78 is 0. The van der Waals surface area contributed by atoms with Crippen molar-refractivity contribution < 1.29 is 9.90 Å². The van der Waals surface area contributed by atoms with Crippen LogP contribution in [0.1, 0.15) is 26.7 Å². The quantitative estimate of drug-likeness (QED) is 0.688. The third-order valence-corrected chi connectivity index (χ3v) is 3.09. The fourth-order valence-electron chi connectivity index (χ4n) is 1.98. The molecular formula is C11H22N2O2. The van der Waals surface area contributed by atoms with Gasteiger partial charge in [0.25, 0.3) is 0 Å². The smallest absolute Gasteiger partial charge is 0.239 e. The zero-order valence-corrected chi connectivity index (χ0v) is 9.86. The van der Waals surface area contributed by atoms with Crippen LogP contribution in [0.15, 0.2) is 0 Å². The summed E-state index contributed by atoms with van der Waals surface area (Å²) in [5.41, 5.74) is 0. The number of rotatable bonds is 5. The van der Waals surface area contributed by atoms with Crippen LogP contribution < -0.4 is 5.32 Å². The largest absolute Gasteiger partial charge is 0.396 e. The first-order valence-electron chi connectivity index (χ1n) is 5.68. The molecule has 1 amide bonds. The van der Waals surface area contributed by atoms with Crippen molar-refractivity contribution in [3.8, 4) is 0 Å². The summed E-state index contributed by atoms with van der Waals surface area (Å²) in [5, 5.41) is 12.3. The topological polar surface area (TPSA) is 52.6 Å². The normalized spacial score (nSPS) is 23.9. The van der Waals surface area contributed by atoms with E-state index in [-0.39, 0.29) is 24.6 Å². The van der Waals surface area contributed by atoms with Gasteiger partial charge in [-0.05, 0) is 18.8 Å². The van der Waals surface area contributed by atoms with Gasteiger partial charge in [0.1, 0.15) is 0 Å². The van der Waals surface area contributed by atoms with Crippen LogP contribution in [0.25, 0.3) is 0 Å². The summed E-state index contributed by atoms with van der Waals surface area (Å²) in [6, 6.07) is 0.185. The molecule has 15 heavy (non-hydrogen) atoms. The Morgan fingerprint density at radius 1 is 1.60 bits per heavy atom. The van der Waals surface area contributed by atoms with Gasteiger partial charge in [-0.3, -0.25) is 4.79 Å². The summed E-state index contributed by atoms with van der Waals surface area (Å²) >= 11 is 0. The van der Waals surface area contributed by atoms with Gasteiger partial charge in [0.2, 0.25) is 5.91 Å². The number of hydrogen-bond acceptors (Lipinski definition) is 3. The Morgan fingerprint density at radius 2 is 2.27 bits per heavy atom. The van der Waals surface area contributed by atoms with Crippen LogP contribution in [-0.2, 0) is 4.79 Å². The van der Waals surface area contributed by atoms with Gasteiger partial charge < -0.3 is 15.3 Å². The minimum absolute atomic E-state index is 0.0473. The zero-order chi connectivity index (χ0) is 11.4. The van der Waals surface area contributed by atoms with Gasteiger partial charge >= 0.3 is 0 Å². The Labute approximate surface area is 91.6 Å². The molecule has 1 aliphatic rings. The molecule has 1 aliphatic heterocycles. The van der Waals surface area contributed by atoms with E-state index in [2.05, 4.69) is 19.2 Å². The molecule has 0 saturated carbocycles. The average Bonchev–Trinajstić information content (AvgIpc) is 2.48. The van der Waals surface area contributed by atoms with Crippen molar-refractivity contribution in [2.24, 2.45) is 5.92 Å². The number of carbonyl (C=O) groups excluding carboxylic acids is 1. The van der Waals surface area contributed by atoms with Crippen molar-refractivity contribution in [1.29, 1.82) is 0 Å². The van der Waals surface area contributed by atoms with Gasteiger partial charge in [-0.1, -0.05) is 13.8 Å². The number of likely N-dealkylation sites (N-methyl/N-ethyl adjacent to an activating group) is 1. The molecule has 4 heteroatoms. The van der Waals surface area contributed by atoms with Crippen LogP contribution in [-0.4, -0.2) is 48.2 Å². The number of nitrogens with zero attached hydrogens (tertiary/aromatic N) is 1. The SMILES string of the molecule is CC(C)[C@H](CCO)N[C@@H]1CCN(C)C1=O. The number of aliphatic hydroxyl groups excluding tert-OH is 1. The third kappa shape index (κ3) is 3.18. The zero-order valence-electron chi connectivity index (χ0n) is 9.86. The van der Waals surface area contributed by atoms with E-state index in [1.54, 1.807) is 4.90 Å². The average molecular weight is 214 g/mol. The number of nitrogens with one attached hydrogen (secondary N) is 1. The molecule has 1 heterocycles. The van der Waals surface area contributed by atoms with E-state index in [9.17, 15) is 4.79 Å². The standard InChI is InChI=1S/C11H22N2O2/c1-8(2)9(5-7-14)12-10-4-6-13(3)11(10)15/h8-10,12,14H,4-7H2,1-3H3/t9-,10+/m0/s1. The Morgan fingerprint density at radius 3 is 2.67 bits per heavy atom. The fraction of sp³-hybridized carbons (Fsp3) is 0.909. The van der Waals surface area contributed by atoms with Crippen molar-refractivity contribution in [1.82, 2.24) is 10.2 Å². The van der Waals surface area contributed by atoms with Crippen molar-refractivity contribution >= 4 is 5.91 Å².